The highest BCUT2D eigenvalue weighted by Crippen LogP contribution is 2.55. The largest absolute Gasteiger partial charge is 0.388 e. The third-order valence-corrected chi connectivity index (χ3v) is 6.48. The maximum absolute atomic E-state index is 11.0. The molecule has 0 amide bonds. The lowest BCUT2D eigenvalue weighted by molar-refractivity contribution is -0.0101. The zero-order chi connectivity index (χ0) is 12.6. The van der Waals surface area contributed by atoms with Gasteiger partial charge in [0.1, 0.15) is 0 Å². The van der Waals surface area contributed by atoms with Crippen molar-refractivity contribution in [1.82, 2.24) is 0 Å². The minimum Gasteiger partial charge on any atom is -0.388 e. The van der Waals surface area contributed by atoms with E-state index in [-0.39, 0.29) is 5.25 Å². The summed E-state index contributed by atoms with van der Waals surface area (Å²) in [5.41, 5.74) is -0.537. The number of halogens is 1. The maximum Gasteiger partial charge on any atom is 0.0811 e. The lowest BCUT2D eigenvalue weighted by Crippen LogP contribution is -2.46. The van der Waals surface area contributed by atoms with Crippen LogP contribution in [-0.2, 0) is 0 Å². The Bertz CT molecular complexity index is 410. The summed E-state index contributed by atoms with van der Waals surface area (Å²) in [5.74, 6) is 1.74. The standard InChI is InChI=1S/C15H19ClOS/c16-10-14(18-13-4-2-1-3-5-13)15(17)9-11-6-7-12(15)8-11/h1-5,11-12,14,17H,6-10H2. The lowest BCUT2D eigenvalue weighted by atomic mass is 9.82. The molecule has 1 aromatic carbocycles. The molecule has 0 radical (unpaired) electrons. The Kier molecular flexibility index (Phi) is 3.61. The highest BCUT2D eigenvalue weighted by molar-refractivity contribution is 8.00. The molecule has 4 atom stereocenters. The van der Waals surface area contributed by atoms with Crippen molar-refractivity contribution in [2.24, 2.45) is 11.8 Å². The molecule has 2 bridgehead atoms. The lowest BCUT2D eigenvalue weighted by Gasteiger charge is -2.38. The molecule has 1 nitrogen and oxygen atoms in total. The molecule has 2 aliphatic carbocycles. The van der Waals surface area contributed by atoms with Crippen LogP contribution in [0, 0.1) is 11.8 Å². The van der Waals surface area contributed by atoms with Gasteiger partial charge in [0, 0.05) is 10.8 Å². The number of hydrogen-bond donors (Lipinski definition) is 1. The molecular formula is C15H19ClOS. The van der Waals surface area contributed by atoms with Crippen molar-refractivity contribution >= 4 is 23.4 Å². The fourth-order valence-corrected chi connectivity index (χ4v) is 5.32. The molecule has 2 aliphatic rings. The molecule has 4 unspecified atom stereocenters. The van der Waals surface area contributed by atoms with Crippen molar-refractivity contribution in [3.8, 4) is 0 Å². The first kappa shape index (κ1) is 12.8. The van der Waals surface area contributed by atoms with Crippen LogP contribution in [0.1, 0.15) is 25.7 Å². The number of fused-ring (bicyclic) bond motifs is 2. The van der Waals surface area contributed by atoms with Crippen LogP contribution in [-0.4, -0.2) is 21.8 Å². The number of thioether (sulfide) groups is 1. The highest BCUT2D eigenvalue weighted by atomic mass is 35.5. The fraction of sp³-hybridized carbons (Fsp3) is 0.600. The second kappa shape index (κ2) is 5.07. The third-order valence-electron chi connectivity index (χ3n) is 4.58. The second-order valence-corrected chi connectivity index (χ2v) is 7.23. The van der Waals surface area contributed by atoms with Gasteiger partial charge >= 0.3 is 0 Å². The van der Waals surface area contributed by atoms with E-state index in [0.717, 1.165) is 12.3 Å². The molecule has 2 fully saturated rings. The molecule has 0 heterocycles. The Morgan fingerprint density at radius 2 is 2.11 bits per heavy atom. The first-order valence-electron chi connectivity index (χ1n) is 6.72. The van der Waals surface area contributed by atoms with Crippen molar-refractivity contribution in [3.05, 3.63) is 30.3 Å². The van der Waals surface area contributed by atoms with E-state index in [0.29, 0.717) is 11.8 Å². The van der Waals surface area contributed by atoms with E-state index in [1.54, 1.807) is 11.8 Å². The van der Waals surface area contributed by atoms with Gasteiger partial charge in [-0.1, -0.05) is 18.2 Å². The van der Waals surface area contributed by atoms with Gasteiger partial charge in [-0.3, -0.25) is 0 Å². The zero-order valence-electron chi connectivity index (χ0n) is 10.4. The molecule has 0 aliphatic heterocycles. The number of rotatable bonds is 4. The molecule has 0 aromatic heterocycles. The summed E-state index contributed by atoms with van der Waals surface area (Å²) in [6.07, 6.45) is 4.65. The van der Waals surface area contributed by atoms with Gasteiger partial charge in [-0.15, -0.1) is 23.4 Å². The number of alkyl halides is 1. The number of benzene rings is 1. The first-order valence-corrected chi connectivity index (χ1v) is 8.14. The smallest absolute Gasteiger partial charge is 0.0811 e. The predicted octanol–water partition coefficient (Wildman–Crippen LogP) is 3.94. The topological polar surface area (TPSA) is 20.2 Å². The van der Waals surface area contributed by atoms with Crippen LogP contribution in [0.15, 0.2) is 35.2 Å². The minimum absolute atomic E-state index is 0.122. The van der Waals surface area contributed by atoms with Crippen LogP contribution >= 0.6 is 23.4 Å². The van der Waals surface area contributed by atoms with E-state index in [4.69, 9.17) is 11.6 Å². The van der Waals surface area contributed by atoms with Gasteiger partial charge in [0.15, 0.2) is 0 Å². The summed E-state index contributed by atoms with van der Waals surface area (Å²) in [7, 11) is 0. The molecule has 98 valence electrons. The predicted molar refractivity (Wildman–Crippen MR) is 77.2 cm³/mol. The molecule has 1 N–H and O–H groups in total. The highest BCUT2D eigenvalue weighted by Gasteiger charge is 2.53. The van der Waals surface area contributed by atoms with E-state index in [1.165, 1.54) is 24.2 Å². The molecule has 1 aromatic rings. The van der Waals surface area contributed by atoms with Crippen molar-refractivity contribution in [2.75, 3.05) is 5.88 Å². The summed E-state index contributed by atoms with van der Waals surface area (Å²) in [5, 5.41) is 11.1. The van der Waals surface area contributed by atoms with E-state index in [1.807, 2.05) is 18.2 Å². The maximum atomic E-state index is 11.0. The van der Waals surface area contributed by atoms with E-state index < -0.39 is 5.60 Å². The average molecular weight is 283 g/mol. The van der Waals surface area contributed by atoms with Crippen molar-refractivity contribution in [1.29, 1.82) is 0 Å². The number of hydrogen-bond acceptors (Lipinski definition) is 2. The van der Waals surface area contributed by atoms with Crippen molar-refractivity contribution in [3.63, 3.8) is 0 Å². The van der Waals surface area contributed by atoms with Crippen LogP contribution in [0.3, 0.4) is 0 Å². The molecule has 18 heavy (non-hydrogen) atoms. The van der Waals surface area contributed by atoms with Gasteiger partial charge < -0.3 is 5.11 Å². The minimum atomic E-state index is -0.537. The summed E-state index contributed by atoms with van der Waals surface area (Å²) < 4.78 is 0. The van der Waals surface area contributed by atoms with Gasteiger partial charge in [-0.05, 0) is 49.7 Å². The summed E-state index contributed by atoms with van der Waals surface area (Å²) >= 11 is 7.89. The third kappa shape index (κ3) is 2.19. The molecule has 3 rings (SSSR count). The van der Waals surface area contributed by atoms with Crippen molar-refractivity contribution in [2.45, 2.75) is 41.4 Å². The second-order valence-electron chi connectivity index (χ2n) is 5.65. The van der Waals surface area contributed by atoms with Crippen LogP contribution in [0.5, 0.6) is 0 Å². The summed E-state index contributed by atoms with van der Waals surface area (Å²) in [6.45, 7) is 0. The molecular weight excluding hydrogens is 264 g/mol. The molecule has 2 saturated carbocycles. The normalized spacial score (nSPS) is 35.9. The summed E-state index contributed by atoms with van der Waals surface area (Å²) in [6, 6.07) is 10.3. The van der Waals surface area contributed by atoms with Crippen molar-refractivity contribution < 1.29 is 5.11 Å². The van der Waals surface area contributed by atoms with E-state index in [9.17, 15) is 5.11 Å². The first-order chi connectivity index (χ1) is 8.72. The zero-order valence-corrected chi connectivity index (χ0v) is 12.0. The van der Waals surface area contributed by atoms with Gasteiger partial charge in [0.05, 0.1) is 10.9 Å². The Labute approximate surface area is 118 Å². The fourth-order valence-electron chi connectivity index (χ4n) is 3.67. The summed E-state index contributed by atoms with van der Waals surface area (Å²) in [4.78, 5) is 1.21. The van der Waals surface area contributed by atoms with Crippen LogP contribution in [0.2, 0.25) is 0 Å². The quantitative estimate of drug-likeness (QED) is 0.667. The van der Waals surface area contributed by atoms with E-state index >= 15 is 0 Å². The Morgan fingerprint density at radius 1 is 1.33 bits per heavy atom. The van der Waals surface area contributed by atoms with E-state index in [2.05, 4.69) is 12.1 Å². The van der Waals surface area contributed by atoms with Crippen LogP contribution in [0.25, 0.3) is 0 Å². The Morgan fingerprint density at radius 3 is 2.67 bits per heavy atom. The molecule has 3 heteroatoms. The monoisotopic (exact) mass is 282 g/mol. The average Bonchev–Trinajstić information content (AvgIpc) is 2.97. The molecule has 0 spiro atoms. The van der Waals surface area contributed by atoms with Gasteiger partial charge in [-0.2, -0.15) is 0 Å². The van der Waals surface area contributed by atoms with Crippen LogP contribution < -0.4 is 0 Å². The Hall–Kier alpha value is -0.180. The van der Waals surface area contributed by atoms with Gasteiger partial charge in [0.2, 0.25) is 0 Å². The Balaban J connectivity index is 1.76. The SMILES string of the molecule is OC1(C(CCl)Sc2ccccc2)CC2CCC1C2. The van der Waals surface area contributed by atoms with Gasteiger partial charge in [-0.25, -0.2) is 0 Å². The number of aliphatic hydroxyl groups is 1. The van der Waals surface area contributed by atoms with Gasteiger partial charge in [0.25, 0.3) is 0 Å². The molecule has 0 saturated heterocycles. The van der Waals surface area contributed by atoms with Crippen LogP contribution in [0.4, 0.5) is 0 Å².